The van der Waals surface area contributed by atoms with Crippen molar-refractivity contribution in [3.63, 3.8) is 0 Å². The van der Waals surface area contributed by atoms with Crippen LogP contribution in [0.5, 0.6) is 6.01 Å². The monoisotopic (exact) mass is 422 g/mol. The van der Waals surface area contributed by atoms with Crippen LogP contribution in [0.3, 0.4) is 0 Å². The molecule has 0 N–H and O–H groups in total. The predicted octanol–water partition coefficient (Wildman–Crippen LogP) is 3.61. The van der Waals surface area contributed by atoms with E-state index in [-0.39, 0.29) is 18.3 Å². The van der Waals surface area contributed by atoms with Gasteiger partial charge in [-0.05, 0) is 37.5 Å². The number of hydrogen-bond donors (Lipinski definition) is 0. The van der Waals surface area contributed by atoms with Gasteiger partial charge in [-0.2, -0.15) is 13.2 Å². The zero-order chi connectivity index (χ0) is 21.9. The Bertz CT molecular complexity index is 1080. The van der Waals surface area contributed by atoms with Crippen LogP contribution in [-0.4, -0.2) is 33.8 Å². The number of hydrogen-bond acceptors (Lipinski definition) is 5. The van der Waals surface area contributed by atoms with Crippen molar-refractivity contribution in [2.75, 3.05) is 13.7 Å². The van der Waals surface area contributed by atoms with Crippen LogP contribution in [-0.2, 0) is 18.1 Å². The van der Waals surface area contributed by atoms with Gasteiger partial charge < -0.3 is 9.57 Å². The Balaban J connectivity index is 1.83. The number of ether oxygens (including phenoxy) is 1. The molecule has 1 aromatic heterocycles. The summed E-state index contributed by atoms with van der Waals surface area (Å²) in [5.74, 6) is 0. The number of halogens is 3. The fourth-order valence-electron chi connectivity index (χ4n) is 3.07. The maximum Gasteiger partial charge on any atom is 0.416 e. The summed E-state index contributed by atoms with van der Waals surface area (Å²) in [6, 6.07) is 5.04. The minimum absolute atomic E-state index is 0.0343. The van der Waals surface area contributed by atoms with Gasteiger partial charge in [-0.3, -0.25) is 0 Å². The van der Waals surface area contributed by atoms with Crippen LogP contribution in [0.15, 0.2) is 51.9 Å². The van der Waals surface area contributed by atoms with E-state index in [4.69, 9.17) is 9.57 Å². The highest BCUT2D eigenvalue weighted by molar-refractivity contribution is 5.98. The molecule has 0 saturated carbocycles. The summed E-state index contributed by atoms with van der Waals surface area (Å²) in [5.41, 5.74) is 0.897. The van der Waals surface area contributed by atoms with E-state index >= 15 is 0 Å². The molecule has 1 heterocycles. The smallest absolute Gasteiger partial charge is 0.416 e. The highest BCUT2D eigenvalue weighted by Gasteiger charge is 2.30. The first-order valence-corrected chi connectivity index (χ1v) is 9.15. The lowest BCUT2D eigenvalue weighted by Crippen LogP contribution is -2.24. The first-order valence-electron chi connectivity index (χ1n) is 9.15. The fraction of sp³-hybridized carbons (Fsp3) is 0.350. The molecule has 160 valence electrons. The van der Waals surface area contributed by atoms with Crippen LogP contribution in [0.25, 0.3) is 5.70 Å². The maximum atomic E-state index is 12.9. The van der Waals surface area contributed by atoms with E-state index in [0.29, 0.717) is 29.0 Å². The molecule has 2 aromatic rings. The summed E-state index contributed by atoms with van der Waals surface area (Å²) in [6.45, 7) is 1.60. The minimum atomic E-state index is -4.43. The molecule has 0 bridgehead atoms. The standard InChI is InChI=1S/C20H21F3N4O3/c1-13(14-8-6-9-16(11-14)20(21,22)23)25-30-12-15-7-4-5-10-17(15)27-18(29-3)24-26(2)19(27)28/h4,6-9,11H,5,10,12H2,1-3H3/b25-13+. The van der Waals surface area contributed by atoms with Crippen molar-refractivity contribution >= 4 is 11.4 Å². The first kappa shape index (κ1) is 21.4. The summed E-state index contributed by atoms with van der Waals surface area (Å²) < 4.78 is 46.5. The van der Waals surface area contributed by atoms with E-state index in [1.807, 2.05) is 12.2 Å². The molecule has 3 rings (SSSR count). The molecule has 1 aliphatic rings. The molecule has 0 spiro atoms. The van der Waals surface area contributed by atoms with Crippen molar-refractivity contribution in [3.05, 3.63) is 63.6 Å². The van der Waals surface area contributed by atoms with Gasteiger partial charge in [-0.25, -0.2) is 14.0 Å². The molecule has 10 heteroatoms. The quantitative estimate of drug-likeness (QED) is 0.527. The minimum Gasteiger partial charge on any atom is -0.467 e. The number of alkyl halides is 3. The van der Waals surface area contributed by atoms with Crippen molar-refractivity contribution in [3.8, 4) is 6.01 Å². The number of methoxy groups -OCH3 is 1. The number of benzene rings is 1. The van der Waals surface area contributed by atoms with Gasteiger partial charge in [0.15, 0.2) is 0 Å². The van der Waals surface area contributed by atoms with E-state index in [1.54, 1.807) is 6.92 Å². The molecule has 0 saturated heterocycles. The number of aromatic nitrogens is 3. The van der Waals surface area contributed by atoms with Gasteiger partial charge in [0, 0.05) is 18.3 Å². The predicted molar refractivity (Wildman–Crippen MR) is 105 cm³/mol. The Morgan fingerprint density at radius 3 is 2.80 bits per heavy atom. The number of nitrogens with zero attached hydrogens (tertiary/aromatic N) is 4. The van der Waals surface area contributed by atoms with Gasteiger partial charge in [-0.1, -0.05) is 29.4 Å². The van der Waals surface area contributed by atoms with Gasteiger partial charge in [0.25, 0.3) is 0 Å². The summed E-state index contributed by atoms with van der Waals surface area (Å²) in [7, 11) is 2.95. The Hall–Kier alpha value is -3.30. The second-order valence-electron chi connectivity index (χ2n) is 6.67. The summed E-state index contributed by atoms with van der Waals surface area (Å²) in [5, 5.41) is 7.99. The van der Waals surface area contributed by atoms with Crippen molar-refractivity contribution in [1.29, 1.82) is 0 Å². The molecule has 30 heavy (non-hydrogen) atoms. The Labute approximate surface area is 170 Å². The normalized spacial score (nSPS) is 14.9. The molecule has 0 fully saturated rings. The lowest BCUT2D eigenvalue weighted by Gasteiger charge is -2.16. The van der Waals surface area contributed by atoms with Crippen molar-refractivity contribution in [1.82, 2.24) is 14.3 Å². The zero-order valence-corrected chi connectivity index (χ0v) is 16.7. The number of rotatable bonds is 6. The number of allylic oxidation sites excluding steroid dienone is 2. The third-order valence-electron chi connectivity index (χ3n) is 4.61. The lowest BCUT2D eigenvalue weighted by atomic mass is 10.0. The molecule has 0 aliphatic heterocycles. The van der Waals surface area contributed by atoms with E-state index in [9.17, 15) is 18.0 Å². The van der Waals surface area contributed by atoms with Gasteiger partial charge >= 0.3 is 17.9 Å². The average molecular weight is 422 g/mol. The van der Waals surface area contributed by atoms with Gasteiger partial charge in [0.2, 0.25) is 0 Å². The lowest BCUT2D eigenvalue weighted by molar-refractivity contribution is -0.137. The molecular weight excluding hydrogens is 401 g/mol. The molecule has 1 aliphatic carbocycles. The number of aryl methyl sites for hydroxylation is 1. The highest BCUT2D eigenvalue weighted by Crippen LogP contribution is 2.30. The topological polar surface area (TPSA) is 70.6 Å². The van der Waals surface area contributed by atoms with Crippen LogP contribution in [0, 0.1) is 0 Å². The van der Waals surface area contributed by atoms with Crippen LogP contribution in [0.1, 0.15) is 30.9 Å². The summed E-state index contributed by atoms with van der Waals surface area (Å²) in [4.78, 5) is 17.8. The Morgan fingerprint density at radius 1 is 1.33 bits per heavy atom. The second-order valence-corrected chi connectivity index (χ2v) is 6.67. The third kappa shape index (κ3) is 4.47. The fourth-order valence-corrected chi connectivity index (χ4v) is 3.07. The molecule has 0 amide bonds. The van der Waals surface area contributed by atoms with Crippen LogP contribution >= 0.6 is 0 Å². The van der Waals surface area contributed by atoms with E-state index in [2.05, 4.69) is 10.3 Å². The zero-order valence-electron chi connectivity index (χ0n) is 16.7. The van der Waals surface area contributed by atoms with Crippen molar-refractivity contribution < 1.29 is 22.7 Å². The van der Waals surface area contributed by atoms with E-state index < -0.39 is 11.7 Å². The summed E-state index contributed by atoms with van der Waals surface area (Å²) in [6.07, 6.45) is 0.648. The highest BCUT2D eigenvalue weighted by atomic mass is 19.4. The van der Waals surface area contributed by atoms with Gasteiger partial charge in [-0.15, -0.1) is 5.10 Å². The van der Waals surface area contributed by atoms with Gasteiger partial charge in [0.1, 0.15) is 6.61 Å². The molecule has 0 unspecified atom stereocenters. The molecule has 0 radical (unpaired) electrons. The molecule has 7 nitrogen and oxygen atoms in total. The Morgan fingerprint density at radius 2 is 2.10 bits per heavy atom. The van der Waals surface area contributed by atoms with Gasteiger partial charge in [0.05, 0.1) is 18.4 Å². The SMILES string of the molecule is COc1nn(C)c(=O)n1C1=C(CO/N=C(\C)c2cccc(C(F)(F)F)c2)C=CCC1. The maximum absolute atomic E-state index is 12.9. The molecule has 0 atom stereocenters. The second kappa shape index (κ2) is 8.60. The number of oxime groups is 1. The van der Waals surface area contributed by atoms with Crippen LogP contribution < -0.4 is 10.4 Å². The Kier molecular flexibility index (Phi) is 6.14. The third-order valence-corrected chi connectivity index (χ3v) is 4.61. The van der Waals surface area contributed by atoms with E-state index in [1.165, 1.54) is 35.5 Å². The van der Waals surface area contributed by atoms with E-state index in [0.717, 1.165) is 18.6 Å². The average Bonchev–Trinajstić information content (AvgIpc) is 3.01. The molecule has 1 aromatic carbocycles. The van der Waals surface area contributed by atoms with Crippen LogP contribution in [0.4, 0.5) is 13.2 Å². The largest absolute Gasteiger partial charge is 0.467 e. The molecular formula is C20H21F3N4O3. The summed E-state index contributed by atoms with van der Waals surface area (Å²) >= 11 is 0. The first-order chi connectivity index (χ1) is 14.2. The van der Waals surface area contributed by atoms with Crippen LogP contribution in [0.2, 0.25) is 0 Å². The van der Waals surface area contributed by atoms with Crippen molar-refractivity contribution in [2.45, 2.75) is 25.9 Å². The van der Waals surface area contributed by atoms with Crippen molar-refractivity contribution in [2.24, 2.45) is 12.2 Å².